The molecule has 33 heavy (non-hydrogen) atoms. The number of fused-ring (bicyclic) bond motifs is 1. The summed E-state index contributed by atoms with van der Waals surface area (Å²) in [6.45, 7) is 0.0870. The fourth-order valence-corrected chi connectivity index (χ4v) is 5.42. The minimum absolute atomic E-state index is 0.0870. The van der Waals surface area contributed by atoms with Gasteiger partial charge in [-0.05, 0) is 48.5 Å². The third-order valence-electron chi connectivity index (χ3n) is 4.94. The van der Waals surface area contributed by atoms with E-state index >= 15 is 0 Å². The van der Waals surface area contributed by atoms with Gasteiger partial charge in [0, 0.05) is 12.6 Å². The minimum Gasteiger partial charge on any atom is -0.497 e. The van der Waals surface area contributed by atoms with Crippen LogP contribution in [-0.2, 0) is 21.2 Å². The third kappa shape index (κ3) is 5.18. The number of anilines is 1. The van der Waals surface area contributed by atoms with Crippen molar-refractivity contribution in [2.45, 2.75) is 17.9 Å². The molecule has 2 aromatic carbocycles. The zero-order valence-electron chi connectivity index (χ0n) is 17.6. The molecule has 0 radical (unpaired) electrons. The number of carbonyl (C=O) groups is 1. The maximum atomic E-state index is 14.2. The Morgan fingerprint density at radius 1 is 1.09 bits per heavy atom. The lowest BCUT2D eigenvalue weighted by atomic mass is 10.3. The zero-order valence-corrected chi connectivity index (χ0v) is 19.3. The van der Waals surface area contributed by atoms with Crippen LogP contribution in [0.25, 0.3) is 10.2 Å². The number of pyridine rings is 1. The van der Waals surface area contributed by atoms with Gasteiger partial charge in [0.1, 0.15) is 17.1 Å². The molecule has 0 bridgehead atoms. The summed E-state index contributed by atoms with van der Waals surface area (Å²) in [7, 11) is -2.20. The predicted molar refractivity (Wildman–Crippen MR) is 125 cm³/mol. The number of para-hydroxylation sites is 1. The Kier molecular flexibility index (Phi) is 6.66. The monoisotopic (exact) mass is 485 g/mol. The summed E-state index contributed by atoms with van der Waals surface area (Å²) < 4.78 is 45.3. The van der Waals surface area contributed by atoms with Gasteiger partial charge >= 0.3 is 0 Å². The number of hydrogen-bond donors (Lipinski definition) is 0. The molecule has 0 aliphatic carbocycles. The van der Waals surface area contributed by atoms with Crippen molar-refractivity contribution in [1.29, 1.82) is 0 Å². The number of aromatic nitrogens is 2. The number of thiazole rings is 1. The van der Waals surface area contributed by atoms with E-state index in [4.69, 9.17) is 4.74 Å². The van der Waals surface area contributed by atoms with Gasteiger partial charge in [-0.25, -0.2) is 17.8 Å². The molecule has 0 saturated heterocycles. The van der Waals surface area contributed by atoms with Crippen molar-refractivity contribution in [3.8, 4) is 5.75 Å². The highest BCUT2D eigenvalue weighted by Gasteiger charge is 2.24. The molecule has 4 aromatic rings. The Morgan fingerprint density at radius 2 is 1.88 bits per heavy atom. The van der Waals surface area contributed by atoms with Gasteiger partial charge in [0.05, 0.1) is 34.7 Å². The Morgan fingerprint density at radius 3 is 2.55 bits per heavy atom. The Labute approximate surface area is 194 Å². The quantitative estimate of drug-likeness (QED) is 0.371. The average molecular weight is 486 g/mol. The summed E-state index contributed by atoms with van der Waals surface area (Å²) in [5.41, 5.74) is 0.769. The second-order valence-corrected chi connectivity index (χ2v) is 10.2. The first-order valence-electron chi connectivity index (χ1n) is 9.99. The zero-order chi connectivity index (χ0) is 23.4. The highest BCUT2D eigenvalue weighted by Crippen LogP contribution is 2.31. The van der Waals surface area contributed by atoms with E-state index in [0.717, 1.165) is 11.3 Å². The minimum atomic E-state index is -3.70. The van der Waals surface area contributed by atoms with Crippen molar-refractivity contribution in [1.82, 2.24) is 9.97 Å². The summed E-state index contributed by atoms with van der Waals surface area (Å²) in [4.78, 5) is 23.2. The maximum Gasteiger partial charge on any atom is 0.230 e. The summed E-state index contributed by atoms with van der Waals surface area (Å²) in [5, 5.41) is 0.285. The molecule has 170 valence electrons. The van der Waals surface area contributed by atoms with Gasteiger partial charge < -0.3 is 4.74 Å². The lowest BCUT2D eigenvalue weighted by molar-refractivity contribution is -0.118. The number of carbonyl (C=O) groups excluding carboxylic acids is 1. The lowest BCUT2D eigenvalue weighted by Crippen LogP contribution is -2.32. The van der Waals surface area contributed by atoms with Gasteiger partial charge in [-0.3, -0.25) is 14.7 Å². The van der Waals surface area contributed by atoms with Gasteiger partial charge in [-0.15, -0.1) is 0 Å². The SMILES string of the molecule is COc1ccc(S(=O)(=O)CCC(=O)N(Cc2ccccn2)c2nc3c(F)cccc3s2)cc1. The van der Waals surface area contributed by atoms with Crippen LogP contribution in [0.3, 0.4) is 0 Å². The number of nitrogens with zero attached hydrogens (tertiary/aromatic N) is 3. The number of sulfone groups is 1. The largest absolute Gasteiger partial charge is 0.497 e. The first-order valence-corrected chi connectivity index (χ1v) is 12.5. The van der Waals surface area contributed by atoms with Crippen LogP contribution >= 0.6 is 11.3 Å². The molecule has 4 rings (SSSR count). The second kappa shape index (κ2) is 9.63. The number of benzene rings is 2. The maximum absolute atomic E-state index is 14.2. The molecular weight excluding hydrogens is 465 g/mol. The van der Waals surface area contributed by atoms with Crippen molar-refractivity contribution in [3.05, 3.63) is 78.4 Å². The summed E-state index contributed by atoms with van der Waals surface area (Å²) in [6, 6.07) is 15.9. The van der Waals surface area contributed by atoms with Crippen LogP contribution in [0.1, 0.15) is 12.1 Å². The van der Waals surface area contributed by atoms with Crippen molar-refractivity contribution in [2.24, 2.45) is 0 Å². The summed E-state index contributed by atoms with van der Waals surface area (Å²) in [5.74, 6) is -0.773. The average Bonchev–Trinajstić information content (AvgIpc) is 3.27. The van der Waals surface area contributed by atoms with Gasteiger partial charge in [0.15, 0.2) is 15.0 Å². The molecule has 0 aliphatic rings. The molecule has 1 amide bonds. The van der Waals surface area contributed by atoms with E-state index in [1.807, 2.05) is 0 Å². The highest BCUT2D eigenvalue weighted by molar-refractivity contribution is 7.91. The number of rotatable bonds is 8. The molecular formula is C23H20FN3O4S2. The van der Waals surface area contributed by atoms with Gasteiger partial charge in [0.2, 0.25) is 5.91 Å². The van der Waals surface area contributed by atoms with E-state index in [1.165, 1.54) is 30.2 Å². The van der Waals surface area contributed by atoms with Crippen molar-refractivity contribution < 1.29 is 22.3 Å². The highest BCUT2D eigenvalue weighted by atomic mass is 32.2. The molecule has 0 fully saturated rings. The van der Waals surface area contributed by atoms with Gasteiger partial charge in [0.25, 0.3) is 0 Å². The summed E-state index contributed by atoms with van der Waals surface area (Å²) >= 11 is 1.16. The number of ether oxygens (including phenoxy) is 1. The molecule has 0 spiro atoms. The van der Waals surface area contributed by atoms with Crippen LogP contribution in [-0.4, -0.2) is 37.2 Å². The smallest absolute Gasteiger partial charge is 0.230 e. The van der Waals surface area contributed by atoms with E-state index in [1.54, 1.807) is 48.7 Å². The van der Waals surface area contributed by atoms with Crippen LogP contribution < -0.4 is 9.64 Å². The van der Waals surface area contributed by atoms with Crippen LogP contribution in [0.5, 0.6) is 5.75 Å². The second-order valence-electron chi connectivity index (χ2n) is 7.13. The molecule has 2 aromatic heterocycles. The Balaban J connectivity index is 1.59. The fraction of sp³-hybridized carbons (Fsp3) is 0.174. The summed E-state index contributed by atoms with van der Waals surface area (Å²) in [6.07, 6.45) is 1.34. The topological polar surface area (TPSA) is 89.5 Å². The van der Waals surface area contributed by atoms with Gasteiger partial charge in [-0.1, -0.05) is 23.5 Å². The third-order valence-corrected chi connectivity index (χ3v) is 7.72. The number of amides is 1. The number of hydrogen-bond acceptors (Lipinski definition) is 7. The van der Waals surface area contributed by atoms with Crippen molar-refractivity contribution in [3.63, 3.8) is 0 Å². The Hall–Kier alpha value is -3.37. The molecule has 0 saturated carbocycles. The van der Waals surface area contributed by atoms with Crippen LogP contribution in [0.4, 0.5) is 9.52 Å². The van der Waals surface area contributed by atoms with Crippen LogP contribution in [0.15, 0.2) is 71.8 Å². The fourth-order valence-electron chi connectivity index (χ4n) is 3.19. The van der Waals surface area contributed by atoms with E-state index in [-0.39, 0.29) is 34.3 Å². The molecule has 2 heterocycles. The van der Waals surface area contributed by atoms with Gasteiger partial charge in [-0.2, -0.15) is 0 Å². The van der Waals surface area contributed by atoms with Crippen LogP contribution in [0, 0.1) is 5.82 Å². The number of methoxy groups -OCH3 is 1. The molecule has 0 atom stereocenters. The lowest BCUT2D eigenvalue weighted by Gasteiger charge is -2.19. The Bertz CT molecular complexity index is 1370. The van der Waals surface area contributed by atoms with E-state index in [9.17, 15) is 17.6 Å². The van der Waals surface area contributed by atoms with E-state index in [2.05, 4.69) is 9.97 Å². The standard InChI is InChI=1S/C23H20FN3O4S2/c1-31-17-8-10-18(11-9-17)33(29,30)14-12-21(28)27(15-16-5-2-3-13-25-16)23-26-22-19(24)6-4-7-20(22)32-23/h2-11,13H,12,14-15H2,1H3. The van der Waals surface area contributed by atoms with Crippen LogP contribution in [0.2, 0.25) is 0 Å². The predicted octanol–water partition coefficient (Wildman–Crippen LogP) is 4.24. The first kappa shape index (κ1) is 22.8. The van der Waals surface area contributed by atoms with E-state index < -0.39 is 21.6 Å². The number of halogens is 1. The normalized spacial score (nSPS) is 11.5. The molecule has 0 unspecified atom stereocenters. The van der Waals surface area contributed by atoms with Crippen molar-refractivity contribution >= 4 is 42.4 Å². The van der Waals surface area contributed by atoms with E-state index in [0.29, 0.717) is 16.1 Å². The van der Waals surface area contributed by atoms with Crippen molar-refractivity contribution in [2.75, 3.05) is 17.8 Å². The molecule has 0 N–H and O–H groups in total. The molecule has 0 aliphatic heterocycles. The molecule has 10 heteroatoms. The first-order chi connectivity index (χ1) is 15.9. The molecule has 7 nitrogen and oxygen atoms in total.